The van der Waals surface area contributed by atoms with Crippen LogP contribution < -0.4 is 10.6 Å². The average molecular weight is 392 g/mol. The summed E-state index contributed by atoms with van der Waals surface area (Å²) in [5.41, 5.74) is 0. The monoisotopic (exact) mass is 390 g/mol. The summed E-state index contributed by atoms with van der Waals surface area (Å²) in [5, 5.41) is 4.28. The highest BCUT2D eigenvalue weighted by Crippen LogP contribution is 2.19. The minimum atomic E-state index is -4.35. The summed E-state index contributed by atoms with van der Waals surface area (Å²) in [6, 6.07) is 0. The van der Waals surface area contributed by atoms with Crippen LogP contribution >= 0.6 is 31.9 Å². The lowest BCUT2D eigenvalue weighted by atomic mass is 10.5. The van der Waals surface area contributed by atoms with Gasteiger partial charge in [-0.1, -0.05) is 0 Å². The molecule has 1 heterocycles. The molecule has 0 aliphatic rings. The fourth-order valence-electron chi connectivity index (χ4n) is 0.925. The van der Waals surface area contributed by atoms with E-state index >= 15 is 0 Å². The number of hydrogen-bond acceptors (Lipinski definition) is 4. The average Bonchev–Trinajstić information content (AvgIpc) is 2.20. The zero-order valence-corrected chi connectivity index (χ0v) is 11.9. The number of carbonyl (C=O) groups excluding carboxylic acids is 1. The van der Waals surface area contributed by atoms with E-state index in [1.54, 1.807) is 0 Å². The molecular weight excluding hydrogens is 385 g/mol. The molecule has 1 aromatic heterocycles. The summed E-state index contributed by atoms with van der Waals surface area (Å²) in [7, 11) is 0. The molecule has 0 saturated heterocycles. The summed E-state index contributed by atoms with van der Waals surface area (Å²) < 4.78 is 36.2. The zero-order valence-electron chi connectivity index (χ0n) is 8.68. The molecule has 0 fully saturated rings. The lowest BCUT2D eigenvalue weighted by Crippen LogP contribution is -2.35. The van der Waals surface area contributed by atoms with Crippen molar-refractivity contribution in [3.05, 3.63) is 15.4 Å². The Kier molecular flexibility index (Phi) is 5.47. The van der Waals surface area contributed by atoms with Gasteiger partial charge in [-0.3, -0.25) is 4.79 Å². The maximum atomic E-state index is 11.8. The number of nitrogens with one attached hydrogen (secondary N) is 2. The van der Waals surface area contributed by atoms with Crippen LogP contribution in [-0.4, -0.2) is 35.1 Å². The van der Waals surface area contributed by atoms with Gasteiger partial charge in [0.05, 0.1) is 19.3 Å². The molecule has 100 valence electrons. The van der Waals surface area contributed by atoms with E-state index in [1.165, 1.54) is 6.20 Å². The first-order valence-electron chi connectivity index (χ1n) is 4.53. The van der Waals surface area contributed by atoms with Gasteiger partial charge in [0.2, 0.25) is 5.91 Å². The maximum Gasteiger partial charge on any atom is 0.401 e. The summed E-state index contributed by atoms with van der Waals surface area (Å²) >= 11 is 6.13. The smallest absolute Gasteiger partial charge is 0.307 e. The zero-order chi connectivity index (χ0) is 13.8. The van der Waals surface area contributed by atoms with Gasteiger partial charge in [-0.2, -0.15) is 13.2 Å². The number of alkyl halides is 3. The number of aromatic nitrogens is 2. The number of hydrogen-bond donors (Lipinski definition) is 2. The van der Waals surface area contributed by atoms with Crippen molar-refractivity contribution in [2.75, 3.05) is 18.4 Å². The fourth-order valence-corrected chi connectivity index (χ4v) is 1.83. The third-order valence-electron chi connectivity index (χ3n) is 1.57. The van der Waals surface area contributed by atoms with Crippen molar-refractivity contribution >= 4 is 43.6 Å². The van der Waals surface area contributed by atoms with Crippen LogP contribution in [0.3, 0.4) is 0 Å². The fraction of sp³-hybridized carbons (Fsp3) is 0.375. The van der Waals surface area contributed by atoms with Gasteiger partial charge in [-0.15, -0.1) is 0 Å². The number of rotatable bonds is 4. The van der Waals surface area contributed by atoms with Gasteiger partial charge in [0, 0.05) is 0 Å². The largest absolute Gasteiger partial charge is 0.401 e. The quantitative estimate of drug-likeness (QED) is 0.824. The topological polar surface area (TPSA) is 66.9 Å². The molecule has 10 heteroatoms. The van der Waals surface area contributed by atoms with Crippen LogP contribution in [0.15, 0.2) is 15.4 Å². The Morgan fingerprint density at radius 3 is 2.61 bits per heavy atom. The molecule has 18 heavy (non-hydrogen) atoms. The predicted octanol–water partition coefficient (Wildman–Crippen LogP) is 2.09. The van der Waals surface area contributed by atoms with Gasteiger partial charge in [-0.05, 0) is 31.9 Å². The van der Waals surface area contributed by atoms with Crippen LogP contribution in [0.1, 0.15) is 0 Å². The molecule has 0 aliphatic carbocycles. The van der Waals surface area contributed by atoms with Crippen LogP contribution in [0.5, 0.6) is 0 Å². The second-order valence-corrected chi connectivity index (χ2v) is 4.66. The highest BCUT2D eigenvalue weighted by atomic mass is 79.9. The standard InChI is InChI=1S/C8H7Br2F3N4O/c9-4-1-15-7(6(10)16-4)17-5(18)2-14-3-8(11,12)13/h1,14H,2-3H2,(H,15,17,18). The second kappa shape index (κ2) is 6.43. The van der Waals surface area contributed by atoms with Gasteiger partial charge in [0.25, 0.3) is 0 Å². The first-order chi connectivity index (χ1) is 8.28. The van der Waals surface area contributed by atoms with E-state index in [-0.39, 0.29) is 10.4 Å². The Morgan fingerprint density at radius 1 is 1.39 bits per heavy atom. The Balaban J connectivity index is 2.45. The van der Waals surface area contributed by atoms with Gasteiger partial charge >= 0.3 is 6.18 Å². The van der Waals surface area contributed by atoms with Crippen LogP contribution in [0.25, 0.3) is 0 Å². The molecule has 0 bridgehead atoms. The van der Waals surface area contributed by atoms with E-state index in [0.29, 0.717) is 4.60 Å². The van der Waals surface area contributed by atoms with E-state index < -0.39 is 25.2 Å². The molecule has 0 radical (unpaired) electrons. The van der Waals surface area contributed by atoms with Gasteiger partial charge in [0.15, 0.2) is 5.82 Å². The third kappa shape index (κ3) is 5.74. The minimum absolute atomic E-state index is 0.136. The lowest BCUT2D eigenvalue weighted by Gasteiger charge is -2.09. The normalized spacial score (nSPS) is 11.4. The molecule has 0 saturated carbocycles. The van der Waals surface area contributed by atoms with E-state index in [0.717, 1.165) is 0 Å². The number of carbonyl (C=O) groups is 1. The summed E-state index contributed by atoms with van der Waals surface area (Å²) in [4.78, 5) is 19.0. The molecule has 0 aliphatic heterocycles. The van der Waals surface area contributed by atoms with Crippen LogP contribution in [0.4, 0.5) is 19.0 Å². The molecule has 2 N–H and O–H groups in total. The summed E-state index contributed by atoms with van der Waals surface area (Å²) in [6.45, 7) is -1.70. The Labute approximate surface area is 117 Å². The molecule has 1 aromatic rings. The molecule has 0 spiro atoms. The summed E-state index contributed by atoms with van der Waals surface area (Å²) in [6.07, 6.45) is -3.00. The second-order valence-electron chi connectivity index (χ2n) is 3.10. The molecule has 1 rings (SSSR count). The lowest BCUT2D eigenvalue weighted by molar-refractivity contribution is -0.126. The number of halogens is 5. The van der Waals surface area contributed by atoms with E-state index in [2.05, 4.69) is 47.1 Å². The van der Waals surface area contributed by atoms with E-state index in [4.69, 9.17) is 0 Å². The van der Waals surface area contributed by atoms with Crippen molar-refractivity contribution in [2.45, 2.75) is 6.18 Å². The Bertz CT molecular complexity index is 441. The van der Waals surface area contributed by atoms with Gasteiger partial charge in [-0.25, -0.2) is 9.97 Å². The van der Waals surface area contributed by atoms with Crippen LogP contribution in [0.2, 0.25) is 0 Å². The van der Waals surface area contributed by atoms with Crippen molar-refractivity contribution < 1.29 is 18.0 Å². The Hall–Kier alpha value is -0.740. The highest BCUT2D eigenvalue weighted by Gasteiger charge is 2.26. The van der Waals surface area contributed by atoms with Crippen molar-refractivity contribution in [1.82, 2.24) is 15.3 Å². The van der Waals surface area contributed by atoms with Crippen molar-refractivity contribution in [3.63, 3.8) is 0 Å². The van der Waals surface area contributed by atoms with Gasteiger partial charge in [0.1, 0.15) is 9.21 Å². The molecule has 0 unspecified atom stereocenters. The highest BCUT2D eigenvalue weighted by molar-refractivity contribution is 9.11. The molecule has 0 aromatic carbocycles. The predicted molar refractivity (Wildman–Crippen MR) is 65.0 cm³/mol. The number of nitrogens with zero attached hydrogens (tertiary/aromatic N) is 2. The first kappa shape index (κ1) is 15.3. The third-order valence-corrected chi connectivity index (χ3v) is 2.50. The summed E-state index contributed by atoms with van der Waals surface area (Å²) in [5.74, 6) is -0.506. The molecule has 0 atom stereocenters. The van der Waals surface area contributed by atoms with Crippen LogP contribution in [-0.2, 0) is 4.79 Å². The molecule has 5 nitrogen and oxygen atoms in total. The van der Waals surface area contributed by atoms with E-state index in [9.17, 15) is 18.0 Å². The SMILES string of the molecule is O=C(CNCC(F)(F)F)Nc1ncc(Br)nc1Br. The van der Waals surface area contributed by atoms with E-state index in [1.807, 2.05) is 5.32 Å². The van der Waals surface area contributed by atoms with Crippen molar-refractivity contribution in [3.8, 4) is 0 Å². The van der Waals surface area contributed by atoms with Gasteiger partial charge < -0.3 is 10.6 Å². The van der Waals surface area contributed by atoms with Crippen LogP contribution in [0, 0.1) is 0 Å². The Morgan fingerprint density at radius 2 is 2.06 bits per heavy atom. The first-order valence-corrected chi connectivity index (χ1v) is 6.12. The molecular formula is C8H7Br2F3N4O. The maximum absolute atomic E-state index is 11.8. The number of anilines is 1. The minimum Gasteiger partial charge on any atom is -0.307 e. The van der Waals surface area contributed by atoms with Crippen molar-refractivity contribution in [2.24, 2.45) is 0 Å². The molecule has 1 amide bonds. The number of amides is 1. The van der Waals surface area contributed by atoms with Crippen molar-refractivity contribution in [1.29, 1.82) is 0 Å².